The minimum atomic E-state index is -2.37. The molecule has 0 radical (unpaired) electrons. The van der Waals surface area contributed by atoms with E-state index in [1.165, 1.54) is 11.3 Å². The third-order valence-corrected chi connectivity index (χ3v) is 6.38. The zero-order chi connectivity index (χ0) is 24.0. The number of nitrogens with zero attached hydrogens (tertiary/aromatic N) is 1. The van der Waals surface area contributed by atoms with E-state index in [4.69, 9.17) is 9.72 Å². The van der Waals surface area contributed by atoms with Crippen molar-refractivity contribution in [3.8, 4) is 5.75 Å². The monoisotopic (exact) mass is 486 g/mol. The Morgan fingerprint density at radius 1 is 1.18 bits per heavy atom. The van der Waals surface area contributed by atoms with Crippen LogP contribution in [0, 0.1) is 5.41 Å². The molecule has 9 heteroatoms. The van der Waals surface area contributed by atoms with Gasteiger partial charge in [-0.25, -0.2) is 4.98 Å². The molecule has 3 rings (SSSR count). The first kappa shape index (κ1) is 24.9. The highest BCUT2D eigenvalue weighted by Crippen LogP contribution is 2.26. The first-order valence-corrected chi connectivity index (χ1v) is 12.4. The number of amides is 1. The number of anilines is 1. The highest BCUT2D eigenvalue weighted by atomic mass is 32.2. The van der Waals surface area contributed by atoms with Crippen molar-refractivity contribution < 1.29 is 18.3 Å². The number of hydrogen-bond acceptors (Lipinski definition) is 6. The molecule has 2 atom stereocenters. The number of carbonyl (C=O) groups excluding carboxylic acids is 1. The third-order valence-electron chi connectivity index (χ3n) is 4.97. The first-order chi connectivity index (χ1) is 15.6. The minimum Gasteiger partial charge on any atom is -0.755 e. The van der Waals surface area contributed by atoms with E-state index in [9.17, 15) is 13.6 Å². The summed E-state index contributed by atoms with van der Waals surface area (Å²) in [5.74, 6) is 0.745. The van der Waals surface area contributed by atoms with E-state index in [2.05, 4.69) is 10.0 Å². The molecule has 0 fully saturated rings. The Hall–Kier alpha value is -2.75. The summed E-state index contributed by atoms with van der Waals surface area (Å²) in [6.07, 6.45) is 1.20. The average molecular weight is 487 g/mol. The van der Waals surface area contributed by atoms with Crippen molar-refractivity contribution in [3.05, 3.63) is 75.7 Å². The van der Waals surface area contributed by atoms with Crippen LogP contribution in [0.4, 0.5) is 5.69 Å². The van der Waals surface area contributed by atoms with Crippen molar-refractivity contribution in [1.29, 1.82) is 0 Å². The van der Waals surface area contributed by atoms with Gasteiger partial charge in [-0.2, -0.15) is 0 Å². The lowest BCUT2D eigenvalue weighted by atomic mass is 9.94. The van der Waals surface area contributed by atoms with Crippen LogP contribution in [0.2, 0.25) is 0 Å². The van der Waals surface area contributed by atoms with Crippen LogP contribution in [0.5, 0.6) is 5.75 Å². The number of rotatable bonds is 9. The smallest absolute Gasteiger partial charge is 0.225 e. The summed E-state index contributed by atoms with van der Waals surface area (Å²) in [5, 5.41) is 5.98. The molecule has 0 bridgehead atoms. The Kier molecular flexibility index (Phi) is 8.23. The average Bonchev–Trinajstić information content (AvgIpc) is 3.22. The van der Waals surface area contributed by atoms with E-state index in [1.807, 2.05) is 62.5 Å². The summed E-state index contributed by atoms with van der Waals surface area (Å²) in [6.45, 7) is 5.62. The van der Waals surface area contributed by atoms with Gasteiger partial charge in [-0.3, -0.25) is 9.00 Å². The number of nitrogens with one attached hydrogen (secondary N) is 2. The van der Waals surface area contributed by atoms with Crippen molar-refractivity contribution in [2.24, 2.45) is 5.41 Å². The van der Waals surface area contributed by atoms with Gasteiger partial charge in [0.15, 0.2) is 0 Å². The van der Waals surface area contributed by atoms with Crippen molar-refractivity contribution >= 4 is 34.2 Å². The lowest BCUT2D eigenvalue weighted by Crippen LogP contribution is -2.38. The Labute approximate surface area is 201 Å². The lowest BCUT2D eigenvalue weighted by Gasteiger charge is -2.23. The molecule has 7 nitrogen and oxygen atoms in total. The Morgan fingerprint density at radius 3 is 2.55 bits per heavy atom. The van der Waals surface area contributed by atoms with Crippen LogP contribution in [-0.2, 0) is 28.9 Å². The van der Waals surface area contributed by atoms with E-state index in [0.717, 1.165) is 27.6 Å². The summed E-state index contributed by atoms with van der Waals surface area (Å²) in [7, 11) is 1.64. The Balaban J connectivity index is 1.80. The van der Waals surface area contributed by atoms with Gasteiger partial charge in [-0.05, 0) is 41.8 Å². The molecule has 0 saturated heterocycles. The molecule has 0 aliphatic heterocycles. The SMILES string of the molecule is COc1cccc(Cc2csc([C@H](Cc3ccc(NS(=O)[O-])cc3)NC(=O)C(C)(C)C)n2)c1. The molecular formula is C24H28N3O4S2-. The van der Waals surface area contributed by atoms with Crippen LogP contribution >= 0.6 is 11.3 Å². The molecule has 3 aromatic rings. The molecule has 1 aromatic heterocycles. The van der Waals surface area contributed by atoms with E-state index in [0.29, 0.717) is 18.5 Å². The molecule has 2 N–H and O–H groups in total. The van der Waals surface area contributed by atoms with Crippen molar-refractivity contribution in [2.45, 2.75) is 39.7 Å². The number of aromatic nitrogens is 1. The second-order valence-corrected chi connectivity index (χ2v) is 10.3. The van der Waals surface area contributed by atoms with Gasteiger partial charge in [0.05, 0.1) is 18.8 Å². The van der Waals surface area contributed by atoms with Crippen LogP contribution in [0.1, 0.15) is 48.6 Å². The first-order valence-electron chi connectivity index (χ1n) is 10.5. The van der Waals surface area contributed by atoms with Crippen LogP contribution in [0.15, 0.2) is 53.9 Å². The molecule has 0 spiro atoms. The zero-order valence-electron chi connectivity index (χ0n) is 19.1. The molecule has 0 aliphatic rings. The lowest BCUT2D eigenvalue weighted by molar-refractivity contribution is -0.129. The molecule has 0 saturated carbocycles. The van der Waals surface area contributed by atoms with E-state index in [-0.39, 0.29) is 11.9 Å². The van der Waals surface area contributed by atoms with E-state index < -0.39 is 16.7 Å². The molecule has 1 heterocycles. The maximum atomic E-state index is 12.8. The number of thiazole rings is 1. The molecule has 33 heavy (non-hydrogen) atoms. The number of ether oxygens (including phenoxy) is 1. The number of methoxy groups -OCH3 is 1. The second-order valence-electron chi connectivity index (χ2n) is 8.72. The van der Waals surface area contributed by atoms with Gasteiger partial charge in [-0.1, -0.05) is 45.0 Å². The van der Waals surface area contributed by atoms with Crippen molar-refractivity contribution in [1.82, 2.24) is 10.3 Å². The Morgan fingerprint density at radius 2 is 1.91 bits per heavy atom. The number of carbonyl (C=O) groups is 1. The van der Waals surface area contributed by atoms with Crippen LogP contribution in [0.3, 0.4) is 0 Å². The van der Waals surface area contributed by atoms with Crippen LogP contribution in [-0.4, -0.2) is 26.8 Å². The van der Waals surface area contributed by atoms with E-state index in [1.54, 1.807) is 19.2 Å². The molecule has 1 unspecified atom stereocenters. The van der Waals surface area contributed by atoms with Crippen molar-refractivity contribution in [2.75, 3.05) is 11.8 Å². The molecule has 2 aromatic carbocycles. The maximum absolute atomic E-state index is 12.8. The van der Waals surface area contributed by atoms with Gasteiger partial charge in [0, 0.05) is 34.2 Å². The highest BCUT2D eigenvalue weighted by Gasteiger charge is 2.26. The Bertz CT molecular complexity index is 1110. The topological polar surface area (TPSA) is 103 Å². The number of benzene rings is 2. The summed E-state index contributed by atoms with van der Waals surface area (Å²) in [6, 6.07) is 14.7. The predicted octanol–water partition coefficient (Wildman–Crippen LogP) is 4.39. The van der Waals surface area contributed by atoms with Crippen LogP contribution in [0.25, 0.3) is 0 Å². The van der Waals surface area contributed by atoms with E-state index >= 15 is 0 Å². The predicted molar refractivity (Wildman–Crippen MR) is 131 cm³/mol. The molecule has 176 valence electrons. The van der Waals surface area contributed by atoms with Gasteiger partial charge in [0.2, 0.25) is 5.91 Å². The van der Waals surface area contributed by atoms with Gasteiger partial charge >= 0.3 is 0 Å². The normalized spacial score (nSPS) is 13.2. The summed E-state index contributed by atoms with van der Waals surface area (Å²) >= 11 is -0.852. The fourth-order valence-electron chi connectivity index (χ4n) is 3.17. The summed E-state index contributed by atoms with van der Waals surface area (Å²) in [4.78, 5) is 17.6. The zero-order valence-corrected chi connectivity index (χ0v) is 20.7. The number of hydrogen-bond donors (Lipinski definition) is 2. The summed E-state index contributed by atoms with van der Waals surface area (Å²) < 4.78 is 29.3. The van der Waals surface area contributed by atoms with Crippen molar-refractivity contribution in [3.63, 3.8) is 0 Å². The molecule has 0 aliphatic carbocycles. The standard InChI is InChI=1S/C24H29N3O4S2/c1-24(2,3)23(28)26-21(14-16-8-10-18(11-9-16)27-33(29)30)22-25-19(15-32-22)12-17-6-5-7-20(13-17)31-4/h5-11,13,15,21,27H,12,14H2,1-4H3,(H,26,28)(H,29,30)/p-1/t21-/m0/s1. The van der Waals surface area contributed by atoms with Gasteiger partial charge < -0.3 is 19.3 Å². The highest BCUT2D eigenvalue weighted by molar-refractivity contribution is 7.80. The summed E-state index contributed by atoms with van der Waals surface area (Å²) in [5.41, 5.74) is 2.93. The quantitative estimate of drug-likeness (QED) is 0.437. The fourth-order valence-corrected chi connectivity index (χ4v) is 4.37. The third kappa shape index (κ3) is 7.38. The second kappa shape index (κ2) is 10.9. The fraction of sp³-hybridized carbons (Fsp3) is 0.333. The molecule has 1 amide bonds. The molecular weight excluding hydrogens is 458 g/mol. The van der Waals surface area contributed by atoms with Gasteiger partial charge in [-0.15, -0.1) is 11.3 Å². The van der Waals surface area contributed by atoms with Gasteiger partial charge in [0.25, 0.3) is 0 Å². The van der Waals surface area contributed by atoms with Gasteiger partial charge in [0.1, 0.15) is 10.8 Å². The minimum absolute atomic E-state index is 0.0583. The van der Waals surface area contributed by atoms with Crippen LogP contribution < -0.4 is 14.8 Å². The maximum Gasteiger partial charge on any atom is 0.225 e. The largest absolute Gasteiger partial charge is 0.755 e.